The molecule has 3 aromatic carbocycles. The van der Waals surface area contributed by atoms with Crippen LogP contribution in [0.15, 0.2) is 78.4 Å². The van der Waals surface area contributed by atoms with Crippen LogP contribution in [-0.2, 0) is 9.59 Å². The molecule has 0 aliphatic carbocycles. The van der Waals surface area contributed by atoms with Gasteiger partial charge in [0.15, 0.2) is 5.13 Å². The molecule has 0 radical (unpaired) electrons. The number of rotatable bonds is 9. The number of anilines is 2. The van der Waals surface area contributed by atoms with Crippen molar-refractivity contribution < 1.29 is 19.4 Å². The van der Waals surface area contributed by atoms with Gasteiger partial charge >= 0.3 is 5.91 Å². The van der Waals surface area contributed by atoms with Gasteiger partial charge in [-0.2, -0.15) is 0 Å². The second-order valence-corrected chi connectivity index (χ2v) is 10.7. The minimum atomic E-state index is -0.827. The van der Waals surface area contributed by atoms with Crippen molar-refractivity contribution in [3.63, 3.8) is 0 Å². The highest BCUT2D eigenvalue weighted by Crippen LogP contribution is 2.44. The summed E-state index contributed by atoms with van der Waals surface area (Å²) >= 11 is 1.34. The number of benzene rings is 3. The van der Waals surface area contributed by atoms with Crippen LogP contribution in [0, 0.1) is 0 Å². The third kappa shape index (κ3) is 5.25. The fraction of sp³-hybridized carbons (Fsp3) is 0.258. The maximum Gasteiger partial charge on any atom is 0.301 e. The van der Waals surface area contributed by atoms with Gasteiger partial charge in [0, 0.05) is 25.3 Å². The van der Waals surface area contributed by atoms with Gasteiger partial charge in [0.2, 0.25) is 0 Å². The predicted molar refractivity (Wildman–Crippen MR) is 157 cm³/mol. The van der Waals surface area contributed by atoms with Crippen LogP contribution in [0.25, 0.3) is 16.0 Å². The largest absolute Gasteiger partial charge is 0.507 e. The molecule has 4 aromatic rings. The van der Waals surface area contributed by atoms with Gasteiger partial charge in [-0.1, -0.05) is 55.4 Å². The van der Waals surface area contributed by atoms with E-state index in [1.165, 1.54) is 16.2 Å². The van der Waals surface area contributed by atoms with Crippen LogP contribution in [0.5, 0.6) is 5.75 Å². The number of Topliss-reactive ketones (excluding diaryl/α,β-unsaturated/α-hetero) is 1. The molecule has 1 amide bonds. The maximum absolute atomic E-state index is 13.5. The molecule has 0 saturated carbocycles. The number of aliphatic hydroxyl groups excluding tert-OH is 1. The number of fused-ring (bicyclic) bond motifs is 1. The number of ether oxygens (including phenoxy) is 1. The van der Waals surface area contributed by atoms with E-state index in [2.05, 4.69) is 11.9 Å². The highest BCUT2D eigenvalue weighted by atomic mass is 32.1. The van der Waals surface area contributed by atoms with Crippen molar-refractivity contribution in [1.29, 1.82) is 0 Å². The number of carbonyl (C=O) groups excluding carboxylic acids is 2. The Morgan fingerprint density at radius 3 is 2.38 bits per heavy atom. The Hall–Kier alpha value is -4.17. The summed E-state index contributed by atoms with van der Waals surface area (Å²) in [5, 5.41) is 11.9. The average molecular weight is 542 g/mol. The number of ketones is 1. The fourth-order valence-electron chi connectivity index (χ4n) is 4.67. The molecule has 7 nitrogen and oxygen atoms in total. The zero-order chi connectivity index (χ0) is 27.5. The van der Waals surface area contributed by atoms with Crippen molar-refractivity contribution in [2.75, 3.05) is 30.5 Å². The lowest BCUT2D eigenvalue weighted by atomic mass is 9.95. The van der Waals surface area contributed by atoms with Gasteiger partial charge in [0.05, 0.1) is 28.4 Å². The molecule has 2 heterocycles. The van der Waals surface area contributed by atoms with E-state index in [4.69, 9.17) is 4.74 Å². The molecule has 1 aliphatic rings. The normalized spacial score (nSPS) is 16.7. The molecule has 1 N–H and O–H groups in total. The van der Waals surface area contributed by atoms with Crippen molar-refractivity contribution in [3.05, 3.63) is 89.5 Å². The number of para-hydroxylation sites is 1. The van der Waals surface area contributed by atoms with Crippen molar-refractivity contribution in [2.45, 2.75) is 32.2 Å². The van der Waals surface area contributed by atoms with E-state index >= 15 is 0 Å². The zero-order valence-electron chi connectivity index (χ0n) is 22.3. The van der Waals surface area contributed by atoms with Crippen LogP contribution >= 0.6 is 11.3 Å². The Morgan fingerprint density at radius 2 is 1.72 bits per heavy atom. The van der Waals surface area contributed by atoms with Crippen LogP contribution in [0.4, 0.5) is 10.8 Å². The lowest BCUT2D eigenvalue weighted by Crippen LogP contribution is -2.29. The van der Waals surface area contributed by atoms with E-state index < -0.39 is 17.7 Å². The monoisotopic (exact) mass is 541 g/mol. The highest BCUT2D eigenvalue weighted by molar-refractivity contribution is 7.22. The van der Waals surface area contributed by atoms with E-state index in [9.17, 15) is 14.7 Å². The third-order valence-electron chi connectivity index (χ3n) is 6.80. The summed E-state index contributed by atoms with van der Waals surface area (Å²) in [5.74, 6) is -0.994. The van der Waals surface area contributed by atoms with E-state index in [-0.39, 0.29) is 11.3 Å². The van der Waals surface area contributed by atoms with Crippen LogP contribution in [0.1, 0.15) is 43.4 Å². The lowest BCUT2D eigenvalue weighted by Gasteiger charge is -2.23. The van der Waals surface area contributed by atoms with Crippen molar-refractivity contribution in [3.8, 4) is 5.75 Å². The van der Waals surface area contributed by atoms with Crippen molar-refractivity contribution >= 4 is 49.8 Å². The van der Waals surface area contributed by atoms with Crippen LogP contribution in [0.2, 0.25) is 0 Å². The van der Waals surface area contributed by atoms with Gasteiger partial charge in [0.1, 0.15) is 11.5 Å². The first-order valence-electron chi connectivity index (χ1n) is 13.1. The molecule has 1 saturated heterocycles. The van der Waals surface area contributed by atoms with Gasteiger partial charge in [-0.25, -0.2) is 4.98 Å². The molecule has 39 heavy (non-hydrogen) atoms. The molecule has 1 aliphatic heterocycles. The number of aliphatic hydroxyl groups is 1. The van der Waals surface area contributed by atoms with Crippen LogP contribution in [0.3, 0.4) is 0 Å². The van der Waals surface area contributed by atoms with Gasteiger partial charge in [0.25, 0.3) is 5.78 Å². The second-order valence-electron chi connectivity index (χ2n) is 9.70. The van der Waals surface area contributed by atoms with Gasteiger partial charge < -0.3 is 14.7 Å². The van der Waals surface area contributed by atoms with E-state index in [1.54, 1.807) is 24.3 Å². The minimum Gasteiger partial charge on any atom is -0.507 e. The summed E-state index contributed by atoms with van der Waals surface area (Å²) in [4.78, 5) is 35.0. The predicted octanol–water partition coefficient (Wildman–Crippen LogP) is 6.56. The molecule has 1 aromatic heterocycles. The standard InChI is InChI=1S/C31H31N3O4S/c1-4-5-8-19-38-23-17-13-21(14-18-23)28(35)26-27(20-11-15-22(16-12-20)33(2)3)34(30(37)29(26)36)31-32-24-9-6-7-10-25(24)39-31/h6-7,9-18,27,35H,4-5,8,19H2,1-3H3/b28-26+. The van der Waals surface area contributed by atoms with Gasteiger partial charge in [-0.05, 0) is 60.5 Å². The average Bonchev–Trinajstić information content (AvgIpc) is 3.49. The first-order chi connectivity index (χ1) is 18.9. The van der Waals surface area contributed by atoms with E-state index in [0.717, 1.165) is 35.2 Å². The summed E-state index contributed by atoms with van der Waals surface area (Å²) in [5.41, 5.74) is 2.90. The summed E-state index contributed by atoms with van der Waals surface area (Å²) in [7, 11) is 3.89. The first-order valence-corrected chi connectivity index (χ1v) is 13.9. The van der Waals surface area contributed by atoms with Crippen LogP contribution < -0.4 is 14.5 Å². The zero-order valence-corrected chi connectivity index (χ0v) is 23.1. The minimum absolute atomic E-state index is 0.0356. The molecule has 1 unspecified atom stereocenters. The molecule has 0 bridgehead atoms. The molecular formula is C31H31N3O4S. The number of unbranched alkanes of at least 4 members (excludes halogenated alkanes) is 2. The molecular weight excluding hydrogens is 510 g/mol. The van der Waals surface area contributed by atoms with Crippen molar-refractivity contribution in [2.24, 2.45) is 0 Å². The number of hydrogen-bond acceptors (Lipinski definition) is 7. The summed E-state index contributed by atoms with van der Waals surface area (Å²) in [6.07, 6.45) is 3.19. The highest BCUT2D eigenvalue weighted by Gasteiger charge is 2.48. The quantitative estimate of drug-likeness (QED) is 0.112. The molecule has 8 heteroatoms. The Labute approximate surface area is 232 Å². The van der Waals surface area contributed by atoms with E-state index in [1.807, 2.05) is 67.5 Å². The SMILES string of the molecule is CCCCCOc1ccc(/C(O)=C2\C(=O)C(=O)N(c3nc4ccccc4s3)C2c2ccc(N(C)C)cc2)cc1. The molecule has 5 rings (SSSR count). The van der Waals surface area contributed by atoms with E-state index in [0.29, 0.717) is 28.6 Å². The first kappa shape index (κ1) is 26.4. The second kappa shape index (κ2) is 11.3. The fourth-order valence-corrected chi connectivity index (χ4v) is 5.66. The molecule has 1 atom stereocenters. The summed E-state index contributed by atoms with van der Waals surface area (Å²) in [6, 6.07) is 21.4. The van der Waals surface area contributed by atoms with Crippen molar-refractivity contribution in [1.82, 2.24) is 4.98 Å². The third-order valence-corrected chi connectivity index (χ3v) is 7.84. The number of aromatic nitrogens is 1. The Kier molecular flexibility index (Phi) is 7.65. The number of thiazole rings is 1. The number of carbonyl (C=O) groups is 2. The van der Waals surface area contributed by atoms with Gasteiger partial charge in [-0.15, -0.1) is 0 Å². The molecule has 1 fully saturated rings. The number of hydrogen-bond donors (Lipinski definition) is 1. The van der Waals surface area contributed by atoms with Crippen LogP contribution in [-0.4, -0.2) is 42.5 Å². The molecule has 200 valence electrons. The lowest BCUT2D eigenvalue weighted by molar-refractivity contribution is -0.132. The smallest absolute Gasteiger partial charge is 0.301 e. The van der Waals surface area contributed by atoms with Gasteiger partial charge in [-0.3, -0.25) is 14.5 Å². The summed E-state index contributed by atoms with van der Waals surface area (Å²) in [6.45, 7) is 2.76. The summed E-state index contributed by atoms with van der Waals surface area (Å²) < 4.78 is 6.70. The molecule has 0 spiro atoms. The topological polar surface area (TPSA) is 83.0 Å². The number of amides is 1. The Bertz CT molecular complexity index is 1490. The Morgan fingerprint density at radius 1 is 1.00 bits per heavy atom. The number of nitrogens with zero attached hydrogens (tertiary/aromatic N) is 3. The maximum atomic E-state index is 13.5. The Balaban J connectivity index is 1.57.